The molecule has 1 aliphatic heterocycles. The smallest absolute Gasteiger partial charge is 0.123 e. The van der Waals surface area contributed by atoms with Gasteiger partial charge in [-0.3, -0.25) is 0 Å². The van der Waals surface area contributed by atoms with E-state index in [-0.39, 0.29) is 6.04 Å². The number of piperidine rings is 1. The lowest BCUT2D eigenvalue weighted by Gasteiger charge is -2.39. The Morgan fingerprint density at radius 2 is 1.46 bits per heavy atom. The lowest BCUT2D eigenvalue weighted by molar-refractivity contribution is 0.253. The van der Waals surface area contributed by atoms with Gasteiger partial charge in [0.1, 0.15) is 5.75 Å². The van der Waals surface area contributed by atoms with E-state index in [0.717, 1.165) is 25.1 Å². The normalized spacial score (nSPS) is 22.0. The van der Waals surface area contributed by atoms with Gasteiger partial charge in [0, 0.05) is 30.2 Å². The Morgan fingerprint density at radius 3 is 2.18 bits per heavy atom. The second-order valence-corrected chi connectivity index (χ2v) is 7.39. The summed E-state index contributed by atoms with van der Waals surface area (Å²) in [6.07, 6.45) is 2.25. The van der Waals surface area contributed by atoms with Crippen molar-refractivity contribution in [2.24, 2.45) is 0 Å². The molecular formula is C25H28N2O. The molecule has 1 saturated heterocycles. The van der Waals surface area contributed by atoms with Gasteiger partial charge in [0.25, 0.3) is 0 Å². The van der Waals surface area contributed by atoms with Crippen LogP contribution >= 0.6 is 0 Å². The van der Waals surface area contributed by atoms with Crippen LogP contribution in [0.4, 0.5) is 0 Å². The van der Waals surface area contributed by atoms with Crippen molar-refractivity contribution in [3.63, 3.8) is 0 Å². The summed E-state index contributed by atoms with van der Waals surface area (Å²) in [5, 5.41) is 7.70. The van der Waals surface area contributed by atoms with E-state index in [2.05, 4.69) is 83.4 Å². The molecule has 3 heteroatoms. The number of para-hydroxylation sites is 1. The molecule has 0 bridgehead atoms. The first kappa shape index (κ1) is 18.7. The van der Waals surface area contributed by atoms with Gasteiger partial charge in [0.15, 0.2) is 0 Å². The van der Waals surface area contributed by atoms with Crippen LogP contribution in [-0.4, -0.2) is 13.2 Å². The van der Waals surface area contributed by atoms with Crippen molar-refractivity contribution in [2.75, 3.05) is 7.11 Å². The molecule has 0 saturated carbocycles. The van der Waals surface area contributed by atoms with Gasteiger partial charge in [-0.05, 0) is 30.0 Å². The predicted molar refractivity (Wildman–Crippen MR) is 114 cm³/mol. The van der Waals surface area contributed by atoms with Gasteiger partial charge in [0.2, 0.25) is 0 Å². The molecule has 3 unspecified atom stereocenters. The monoisotopic (exact) mass is 372 g/mol. The molecule has 3 atom stereocenters. The second-order valence-electron chi connectivity index (χ2n) is 7.39. The fourth-order valence-corrected chi connectivity index (χ4v) is 4.18. The Bertz CT molecular complexity index is 866. The van der Waals surface area contributed by atoms with Gasteiger partial charge in [-0.1, -0.05) is 78.9 Å². The van der Waals surface area contributed by atoms with Gasteiger partial charge in [-0.15, -0.1) is 0 Å². The van der Waals surface area contributed by atoms with Crippen molar-refractivity contribution in [3.8, 4) is 5.75 Å². The lowest BCUT2D eigenvalue weighted by Crippen LogP contribution is -2.47. The van der Waals surface area contributed by atoms with Crippen molar-refractivity contribution in [3.05, 3.63) is 102 Å². The Labute approximate surface area is 167 Å². The number of hydrogen-bond acceptors (Lipinski definition) is 3. The van der Waals surface area contributed by atoms with Crippen molar-refractivity contribution >= 4 is 0 Å². The summed E-state index contributed by atoms with van der Waals surface area (Å²) >= 11 is 0. The van der Waals surface area contributed by atoms with Crippen molar-refractivity contribution < 1.29 is 4.74 Å². The molecule has 0 radical (unpaired) electrons. The van der Waals surface area contributed by atoms with Crippen LogP contribution in [-0.2, 0) is 6.54 Å². The minimum atomic E-state index is 0.273. The van der Waals surface area contributed by atoms with E-state index in [1.54, 1.807) is 7.11 Å². The highest BCUT2D eigenvalue weighted by Gasteiger charge is 2.31. The van der Waals surface area contributed by atoms with Crippen LogP contribution < -0.4 is 15.4 Å². The zero-order valence-corrected chi connectivity index (χ0v) is 16.3. The summed E-state index contributed by atoms with van der Waals surface area (Å²) in [7, 11) is 1.73. The lowest BCUT2D eigenvalue weighted by atomic mass is 9.86. The molecule has 0 spiro atoms. The average Bonchev–Trinajstić information content (AvgIpc) is 2.79. The standard InChI is InChI=1S/C25H28N2O/c1-28-24-15-9-8-14-21(24)18-26-23-17-16-22(19-10-4-2-5-11-19)27-25(23)20-12-6-3-7-13-20/h2-15,22-23,25-27H,16-18H2,1H3. The topological polar surface area (TPSA) is 33.3 Å². The SMILES string of the molecule is COc1ccccc1CNC1CCC(c2ccccc2)NC1c1ccccc1. The van der Waals surface area contributed by atoms with Crippen LogP contribution in [0.3, 0.4) is 0 Å². The number of ether oxygens (including phenoxy) is 1. The molecule has 0 aromatic heterocycles. The Kier molecular flexibility index (Phi) is 6.05. The third kappa shape index (κ3) is 4.27. The maximum Gasteiger partial charge on any atom is 0.123 e. The van der Waals surface area contributed by atoms with Crippen LogP contribution in [0.5, 0.6) is 5.75 Å². The molecule has 3 aromatic rings. The average molecular weight is 373 g/mol. The largest absolute Gasteiger partial charge is 0.496 e. The predicted octanol–water partition coefficient (Wildman–Crippen LogP) is 5.02. The van der Waals surface area contributed by atoms with Crippen LogP contribution in [0.1, 0.15) is 41.6 Å². The van der Waals surface area contributed by atoms with Crippen LogP contribution in [0.25, 0.3) is 0 Å². The highest BCUT2D eigenvalue weighted by atomic mass is 16.5. The molecule has 0 aliphatic carbocycles. The van der Waals surface area contributed by atoms with Gasteiger partial charge in [-0.2, -0.15) is 0 Å². The minimum Gasteiger partial charge on any atom is -0.496 e. The highest BCUT2D eigenvalue weighted by molar-refractivity contribution is 5.33. The van der Waals surface area contributed by atoms with Crippen molar-refractivity contribution in [2.45, 2.75) is 37.5 Å². The summed E-state index contributed by atoms with van der Waals surface area (Å²) in [4.78, 5) is 0. The number of rotatable bonds is 6. The summed E-state index contributed by atoms with van der Waals surface area (Å²) < 4.78 is 5.52. The first-order valence-corrected chi connectivity index (χ1v) is 10.1. The van der Waals surface area contributed by atoms with Crippen molar-refractivity contribution in [1.29, 1.82) is 0 Å². The van der Waals surface area contributed by atoms with Gasteiger partial charge >= 0.3 is 0 Å². The quantitative estimate of drug-likeness (QED) is 0.637. The molecule has 2 N–H and O–H groups in total. The molecule has 1 heterocycles. The summed E-state index contributed by atoms with van der Waals surface area (Å²) in [5.41, 5.74) is 3.90. The first-order valence-electron chi connectivity index (χ1n) is 10.1. The maximum absolute atomic E-state index is 5.52. The fraction of sp³-hybridized carbons (Fsp3) is 0.280. The molecule has 4 rings (SSSR count). The van der Waals surface area contributed by atoms with Gasteiger partial charge < -0.3 is 15.4 Å². The molecule has 144 valence electrons. The molecule has 3 nitrogen and oxygen atoms in total. The number of benzene rings is 3. The molecule has 0 amide bonds. The number of nitrogens with one attached hydrogen (secondary N) is 2. The van der Waals surface area contributed by atoms with Gasteiger partial charge in [-0.25, -0.2) is 0 Å². The highest BCUT2D eigenvalue weighted by Crippen LogP contribution is 2.33. The van der Waals surface area contributed by atoms with E-state index in [4.69, 9.17) is 4.74 Å². The Hall–Kier alpha value is -2.62. The van der Waals surface area contributed by atoms with E-state index in [1.807, 2.05) is 12.1 Å². The number of methoxy groups -OCH3 is 1. The Balaban J connectivity index is 1.52. The third-order valence-corrected chi connectivity index (χ3v) is 5.66. The molecule has 3 aromatic carbocycles. The van der Waals surface area contributed by atoms with Gasteiger partial charge in [0.05, 0.1) is 7.11 Å². The third-order valence-electron chi connectivity index (χ3n) is 5.66. The minimum absolute atomic E-state index is 0.273. The molecule has 1 fully saturated rings. The molecule has 28 heavy (non-hydrogen) atoms. The number of hydrogen-bond donors (Lipinski definition) is 2. The van der Waals surface area contributed by atoms with Crippen molar-refractivity contribution in [1.82, 2.24) is 10.6 Å². The summed E-state index contributed by atoms with van der Waals surface area (Å²) in [6, 6.07) is 30.8. The summed E-state index contributed by atoms with van der Waals surface area (Å²) in [5.74, 6) is 0.942. The van der Waals surface area contributed by atoms with E-state index in [1.165, 1.54) is 16.7 Å². The van der Waals surface area contributed by atoms with E-state index in [0.29, 0.717) is 12.1 Å². The van der Waals surface area contributed by atoms with E-state index < -0.39 is 0 Å². The van der Waals surface area contributed by atoms with E-state index in [9.17, 15) is 0 Å². The molecular weight excluding hydrogens is 344 g/mol. The second kappa shape index (κ2) is 9.05. The van der Waals surface area contributed by atoms with E-state index >= 15 is 0 Å². The molecule has 1 aliphatic rings. The maximum atomic E-state index is 5.52. The zero-order valence-electron chi connectivity index (χ0n) is 16.3. The summed E-state index contributed by atoms with van der Waals surface area (Å²) in [6.45, 7) is 0.801. The first-order chi connectivity index (χ1) is 13.8. The van der Waals surface area contributed by atoms with Crippen LogP contribution in [0, 0.1) is 0 Å². The van der Waals surface area contributed by atoms with Crippen LogP contribution in [0.15, 0.2) is 84.9 Å². The Morgan fingerprint density at radius 1 is 0.821 bits per heavy atom. The fourth-order valence-electron chi connectivity index (χ4n) is 4.18. The zero-order chi connectivity index (χ0) is 19.2. The van der Waals surface area contributed by atoms with Crippen LogP contribution in [0.2, 0.25) is 0 Å².